The van der Waals surface area contributed by atoms with Gasteiger partial charge in [0.2, 0.25) is 0 Å². The van der Waals surface area contributed by atoms with Gasteiger partial charge in [-0.2, -0.15) is 0 Å². The Kier molecular flexibility index (Phi) is 4.45. The van der Waals surface area contributed by atoms with E-state index >= 15 is 0 Å². The fraction of sp³-hybridized carbons (Fsp3) is 0.0714. The van der Waals surface area contributed by atoms with Gasteiger partial charge in [-0.25, -0.2) is 9.18 Å². The standard InChI is InChI=1S/C14H12FN3O3/c15-11-4-1-3-10(7-11)9-16-14(19)17-12-5-2-6-13(8-12)18(20)21/h1-8H,9H2,(H2,16,17,19). The molecule has 0 heterocycles. The number of amides is 2. The molecule has 0 spiro atoms. The molecular weight excluding hydrogens is 277 g/mol. The van der Waals surface area contributed by atoms with Gasteiger partial charge in [-0.15, -0.1) is 0 Å². The van der Waals surface area contributed by atoms with Gasteiger partial charge in [-0.05, 0) is 23.8 Å². The minimum atomic E-state index is -0.546. The number of carbonyl (C=O) groups is 1. The molecule has 2 aromatic rings. The number of benzene rings is 2. The zero-order valence-electron chi connectivity index (χ0n) is 10.9. The minimum Gasteiger partial charge on any atom is -0.334 e. The number of nitrogens with one attached hydrogen (secondary N) is 2. The lowest BCUT2D eigenvalue weighted by Crippen LogP contribution is -2.28. The first-order valence-corrected chi connectivity index (χ1v) is 6.08. The van der Waals surface area contributed by atoms with E-state index in [-0.39, 0.29) is 18.0 Å². The van der Waals surface area contributed by atoms with E-state index in [9.17, 15) is 19.3 Å². The van der Waals surface area contributed by atoms with Gasteiger partial charge in [0.05, 0.1) is 4.92 Å². The molecule has 0 radical (unpaired) electrons. The average molecular weight is 289 g/mol. The Hall–Kier alpha value is -2.96. The summed E-state index contributed by atoms with van der Waals surface area (Å²) in [6, 6.07) is 10.9. The Morgan fingerprint density at radius 3 is 2.67 bits per heavy atom. The molecular formula is C14H12FN3O3. The van der Waals surface area contributed by atoms with E-state index in [0.717, 1.165) is 0 Å². The third-order valence-corrected chi connectivity index (χ3v) is 2.66. The molecule has 0 aliphatic carbocycles. The smallest absolute Gasteiger partial charge is 0.319 e. The first-order valence-electron chi connectivity index (χ1n) is 6.08. The van der Waals surface area contributed by atoms with Crippen LogP contribution in [0.1, 0.15) is 5.56 Å². The first-order chi connectivity index (χ1) is 10.0. The number of hydrogen-bond donors (Lipinski definition) is 2. The Bertz CT molecular complexity index is 676. The summed E-state index contributed by atoms with van der Waals surface area (Å²) in [7, 11) is 0. The molecule has 0 saturated heterocycles. The van der Waals surface area contributed by atoms with Gasteiger partial charge in [0.15, 0.2) is 0 Å². The van der Waals surface area contributed by atoms with Crippen molar-refractivity contribution >= 4 is 17.4 Å². The molecule has 2 N–H and O–H groups in total. The van der Waals surface area contributed by atoms with Gasteiger partial charge in [0.25, 0.3) is 5.69 Å². The van der Waals surface area contributed by atoms with Crippen molar-refractivity contribution in [3.05, 3.63) is 70.0 Å². The summed E-state index contributed by atoms with van der Waals surface area (Å²) in [5.41, 5.74) is 0.808. The molecule has 2 amide bonds. The molecule has 2 aromatic carbocycles. The van der Waals surface area contributed by atoms with E-state index in [2.05, 4.69) is 10.6 Å². The van der Waals surface area contributed by atoms with Gasteiger partial charge in [-0.1, -0.05) is 18.2 Å². The summed E-state index contributed by atoms with van der Waals surface area (Å²) < 4.78 is 13.0. The van der Waals surface area contributed by atoms with Gasteiger partial charge in [0.1, 0.15) is 5.82 Å². The highest BCUT2D eigenvalue weighted by molar-refractivity contribution is 5.89. The number of halogens is 1. The lowest BCUT2D eigenvalue weighted by Gasteiger charge is -2.07. The second kappa shape index (κ2) is 6.47. The number of hydrogen-bond acceptors (Lipinski definition) is 3. The Balaban J connectivity index is 1.93. The molecule has 0 saturated carbocycles. The molecule has 108 valence electrons. The van der Waals surface area contributed by atoms with Crippen LogP contribution in [0.25, 0.3) is 0 Å². The van der Waals surface area contributed by atoms with Crippen LogP contribution in [0.5, 0.6) is 0 Å². The summed E-state index contributed by atoms with van der Waals surface area (Å²) in [6.45, 7) is 0.151. The predicted molar refractivity (Wildman–Crippen MR) is 75.4 cm³/mol. The number of carbonyl (C=O) groups excluding carboxylic acids is 1. The summed E-state index contributed by atoms with van der Waals surface area (Å²) in [6.07, 6.45) is 0. The molecule has 0 fully saturated rings. The van der Waals surface area contributed by atoms with Crippen molar-refractivity contribution in [1.82, 2.24) is 5.32 Å². The van der Waals surface area contributed by atoms with Gasteiger partial charge in [-0.3, -0.25) is 10.1 Å². The molecule has 0 aliphatic heterocycles. The summed E-state index contributed by atoms with van der Waals surface area (Å²) in [4.78, 5) is 21.7. The number of rotatable bonds is 4. The zero-order chi connectivity index (χ0) is 15.2. The van der Waals surface area contributed by atoms with Gasteiger partial charge in [0, 0.05) is 24.4 Å². The first kappa shape index (κ1) is 14.4. The molecule has 0 aliphatic rings. The lowest BCUT2D eigenvalue weighted by molar-refractivity contribution is -0.384. The fourth-order valence-corrected chi connectivity index (χ4v) is 1.70. The van der Waals surface area contributed by atoms with Crippen LogP contribution in [0, 0.1) is 15.9 Å². The average Bonchev–Trinajstić information content (AvgIpc) is 2.45. The number of urea groups is 1. The van der Waals surface area contributed by atoms with Crippen LogP contribution < -0.4 is 10.6 Å². The maximum Gasteiger partial charge on any atom is 0.319 e. The monoisotopic (exact) mass is 289 g/mol. The van der Waals surface area contributed by atoms with Crippen LogP contribution in [0.15, 0.2) is 48.5 Å². The van der Waals surface area contributed by atoms with E-state index < -0.39 is 11.0 Å². The highest BCUT2D eigenvalue weighted by atomic mass is 19.1. The summed E-state index contributed by atoms with van der Waals surface area (Å²) >= 11 is 0. The molecule has 6 nitrogen and oxygen atoms in total. The third kappa shape index (κ3) is 4.27. The normalized spacial score (nSPS) is 9.95. The van der Waals surface area contributed by atoms with Crippen molar-refractivity contribution in [2.24, 2.45) is 0 Å². The van der Waals surface area contributed by atoms with E-state index in [1.54, 1.807) is 12.1 Å². The zero-order valence-corrected chi connectivity index (χ0v) is 10.9. The second-order valence-electron chi connectivity index (χ2n) is 4.25. The maximum absolute atomic E-state index is 13.0. The topological polar surface area (TPSA) is 84.3 Å². The Labute approximate surface area is 119 Å². The largest absolute Gasteiger partial charge is 0.334 e. The van der Waals surface area contributed by atoms with Crippen LogP contribution in [0.3, 0.4) is 0 Å². The van der Waals surface area contributed by atoms with Crippen molar-refractivity contribution in [1.29, 1.82) is 0 Å². The minimum absolute atomic E-state index is 0.113. The van der Waals surface area contributed by atoms with Crippen molar-refractivity contribution < 1.29 is 14.1 Å². The summed E-state index contributed by atoms with van der Waals surface area (Å²) in [5.74, 6) is -0.381. The molecule has 0 atom stereocenters. The van der Waals surface area contributed by atoms with E-state index in [1.807, 2.05) is 0 Å². The summed E-state index contributed by atoms with van der Waals surface area (Å²) in [5, 5.41) is 15.6. The van der Waals surface area contributed by atoms with Gasteiger partial charge < -0.3 is 10.6 Å². The molecule has 7 heteroatoms. The van der Waals surface area contributed by atoms with E-state index in [0.29, 0.717) is 11.3 Å². The van der Waals surface area contributed by atoms with Gasteiger partial charge >= 0.3 is 6.03 Å². The second-order valence-corrected chi connectivity index (χ2v) is 4.25. The van der Waals surface area contributed by atoms with Crippen molar-refractivity contribution in [2.45, 2.75) is 6.54 Å². The molecule has 2 rings (SSSR count). The number of non-ortho nitro benzene ring substituents is 1. The highest BCUT2D eigenvalue weighted by Crippen LogP contribution is 2.16. The van der Waals surface area contributed by atoms with E-state index in [1.165, 1.54) is 36.4 Å². The van der Waals surface area contributed by atoms with Crippen molar-refractivity contribution in [3.63, 3.8) is 0 Å². The van der Waals surface area contributed by atoms with E-state index in [4.69, 9.17) is 0 Å². The van der Waals surface area contributed by atoms with Crippen LogP contribution in [-0.2, 0) is 6.54 Å². The number of nitrogens with zero attached hydrogens (tertiary/aromatic N) is 1. The quantitative estimate of drug-likeness (QED) is 0.670. The Morgan fingerprint density at radius 2 is 1.95 bits per heavy atom. The molecule has 21 heavy (non-hydrogen) atoms. The number of nitro groups is 1. The SMILES string of the molecule is O=C(NCc1cccc(F)c1)Nc1cccc([N+](=O)[O-])c1. The Morgan fingerprint density at radius 1 is 1.19 bits per heavy atom. The van der Waals surface area contributed by atoms with Crippen LogP contribution >= 0.6 is 0 Å². The molecule has 0 unspecified atom stereocenters. The number of nitro benzene ring substituents is 1. The number of anilines is 1. The third-order valence-electron chi connectivity index (χ3n) is 2.66. The molecule has 0 bridgehead atoms. The maximum atomic E-state index is 13.0. The van der Waals surface area contributed by atoms with Crippen LogP contribution in [0.2, 0.25) is 0 Å². The van der Waals surface area contributed by atoms with Crippen LogP contribution in [0.4, 0.5) is 20.6 Å². The predicted octanol–water partition coefficient (Wildman–Crippen LogP) is 3.06. The highest BCUT2D eigenvalue weighted by Gasteiger charge is 2.07. The van der Waals surface area contributed by atoms with Crippen molar-refractivity contribution in [3.8, 4) is 0 Å². The van der Waals surface area contributed by atoms with Crippen molar-refractivity contribution in [2.75, 3.05) is 5.32 Å². The molecule has 0 aromatic heterocycles. The fourth-order valence-electron chi connectivity index (χ4n) is 1.70. The van der Waals surface area contributed by atoms with Crippen LogP contribution in [-0.4, -0.2) is 11.0 Å². The lowest BCUT2D eigenvalue weighted by atomic mass is 10.2.